The Hall–Kier alpha value is -2.12. The predicted molar refractivity (Wildman–Crippen MR) is 95.8 cm³/mol. The van der Waals surface area contributed by atoms with E-state index in [-0.39, 0.29) is 0 Å². The highest BCUT2D eigenvalue weighted by atomic mass is 16.5. The molecule has 1 aromatic heterocycles. The van der Waals surface area contributed by atoms with Gasteiger partial charge in [0.05, 0.1) is 25.5 Å². The van der Waals surface area contributed by atoms with Gasteiger partial charge in [0.2, 0.25) is 0 Å². The van der Waals surface area contributed by atoms with E-state index in [1.165, 1.54) is 37.7 Å². The SMILES string of the molecule is Cc1cc(C#CC2CC2)ccc1-c1cn(CC2CC3(CC3)CO2)nn1. The molecule has 5 rings (SSSR count). The van der Waals surface area contributed by atoms with Crippen molar-refractivity contribution < 1.29 is 4.74 Å². The summed E-state index contributed by atoms with van der Waals surface area (Å²) >= 11 is 0. The second kappa shape index (κ2) is 5.71. The predicted octanol–water partition coefficient (Wildman–Crippen LogP) is 3.58. The Morgan fingerprint density at radius 1 is 1.32 bits per heavy atom. The lowest BCUT2D eigenvalue weighted by Crippen LogP contribution is -2.15. The lowest BCUT2D eigenvalue weighted by molar-refractivity contribution is 0.0889. The van der Waals surface area contributed by atoms with Gasteiger partial charge in [-0.3, -0.25) is 0 Å². The summed E-state index contributed by atoms with van der Waals surface area (Å²) in [7, 11) is 0. The summed E-state index contributed by atoms with van der Waals surface area (Å²) in [6.07, 6.45) is 8.70. The summed E-state index contributed by atoms with van der Waals surface area (Å²) in [4.78, 5) is 0. The molecule has 4 nitrogen and oxygen atoms in total. The number of hydrogen-bond donors (Lipinski definition) is 0. The Labute approximate surface area is 148 Å². The first kappa shape index (κ1) is 15.2. The van der Waals surface area contributed by atoms with Gasteiger partial charge in [-0.15, -0.1) is 5.10 Å². The van der Waals surface area contributed by atoms with Crippen LogP contribution in [0.5, 0.6) is 0 Å². The van der Waals surface area contributed by atoms with Crippen molar-refractivity contribution in [3.63, 3.8) is 0 Å². The van der Waals surface area contributed by atoms with Crippen LogP contribution < -0.4 is 0 Å². The fourth-order valence-corrected chi connectivity index (χ4v) is 3.70. The Bertz CT molecular complexity index is 865. The molecule has 1 unspecified atom stereocenters. The molecule has 1 aromatic carbocycles. The van der Waals surface area contributed by atoms with E-state index >= 15 is 0 Å². The quantitative estimate of drug-likeness (QED) is 0.806. The van der Waals surface area contributed by atoms with E-state index in [0.717, 1.165) is 30.0 Å². The molecule has 3 aliphatic rings. The smallest absolute Gasteiger partial charge is 0.113 e. The first-order chi connectivity index (χ1) is 12.2. The van der Waals surface area contributed by atoms with Gasteiger partial charge in [0.25, 0.3) is 0 Å². The summed E-state index contributed by atoms with van der Waals surface area (Å²) in [6.45, 7) is 3.86. The van der Waals surface area contributed by atoms with Crippen LogP contribution in [0.25, 0.3) is 11.3 Å². The second-order valence-corrected chi connectivity index (χ2v) is 8.04. The van der Waals surface area contributed by atoms with Crippen molar-refractivity contribution in [1.82, 2.24) is 15.0 Å². The standard InChI is InChI=1S/C21H23N3O/c1-15-10-17(5-4-16-2-3-16)6-7-19(15)20-13-24(23-22-20)12-18-11-21(8-9-21)14-25-18/h6-7,10,13,16,18H,2-3,8-9,11-12,14H2,1H3. The van der Waals surface area contributed by atoms with Crippen LogP contribution in [0, 0.1) is 30.1 Å². The molecular weight excluding hydrogens is 310 g/mol. The summed E-state index contributed by atoms with van der Waals surface area (Å²) in [5, 5.41) is 8.69. The van der Waals surface area contributed by atoms with Crippen molar-refractivity contribution >= 4 is 0 Å². The highest BCUT2D eigenvalue weighted by Crippen LogP contribution is 2.53. The van der Waals surface area contributed by atoms with Crippen LogP contribution in [-0.4, -0.2) is 27.7 Å². The van der Waals surface area contributed by atoms with Gasteiger partial charge in [-0.1, -0.05) is 23.1 Å². The molecular formula is C21H23N3O. The fourth-order valence-electron chi connectivity index (χ4n) is 3.70. The van der Waals surface area contributed by atoms with Gasteiger partial charge in [-0.05, 0) is 62.1 Å². The zero-order valence-corrected chi connectivity index (χ0v) is 14.7. The maximum Gasteiger partial charge on any atom is 0.113 e. The van der Waals surface area contributed by atoms with E-state index < -0.39 is 0 Å². The minimum Gasteiger partial charge on any atom is -0.376 e. The van der Waals surface area contributed by atoms with E-state index in [0.29, 0.717) is 17.4 Å². The van der Waals surface area contributed by atoms with Crippen molar-refractivity contribution in [1.29, 1.82) is 0 Å². The molecule has 0 N–H and O–H groups in total. The summed E-state index contributed by atoms with van der Waals surface area (Å²) in [6, 6.07) is 6.36. The lowest BCUT2D eigenvalue weighted by Gasteiger charge is -2.08. The van der Waals surface area contributed by atoms with Crippen LogP contribution in [-0.2, 0) is 11.3 Å². The van der Waals surface area contributed by atoms with E-state index in [9.17, 15) is 0 Å². The maximum atomic E-state index is 5.94. The topological polar surface area (TPSA) is 39.9 Å². The molecule has 3 fully saturated rings. The molecule has 4 heteroatoms. The van der Waals surface area contributed by atoms with Gasteiger partial charge < -0.3 is 4.74 Å². The Kier molecular flexibility index (Phi) is 3.46. The number of nitrogens with zero attached hydrogens (tertiary/aromatic N) is 3. The van der Waals surface area contributed by atoms with Gasteiger partial charge in [0, 0.05) is 17.0 Å². The van der Waals surface area contributed by atoms with Crippen molar-refractivity contribution in [2.45, 2.75) is 51.7 Å². The molecule has 2 saturated carbocycles. The molecule has 2 aromatic rings. The summed E-state index contributed by atoms with van der Waals surface area (Å²) in [5.74, 6) is 7.24. The Balaban J connectivity index is 1.30. The van der Waals surface area contributed by atoms with E-state index in [1.54, 1.807) is 0 Å². The number of aryl methyl sites for hydroxylation is 1. The summed E-state index contributed by atoms with van der Waals surface area (Å²) < 4.78 is 7.87. The van der Waals surface area contributed by atoms with Crippen molar-refractivity contribution in [2.24, 2.45) is 11.3 Å². The molecule has 0 radical (unpaired) electrons. The van der Waals surface area contributed by atoms with Crippen LogP contribution in [0.3, 0.4) is 0 Å². The maximum absolute atomic E-state index is 5.94. The normalized spacial score (nSPS) is 23.5. The zero-order chi connectivity index (χ0) is 16.9. The lowest BCUT2D eigenvalue weighted by atomic mass is 10.0. The zero-order valence-electron chi connectivity index (χ0n) is 14.7. The molecule has 1 spiro atoms. The average molecular weight is 333 g/mol. The highest BCUT2D eigenvalue weighted by Gasteiger charge is 2.49. The number of rotatable bonds is 3. The average Bonchev–Trinajstić information content (AvgIpc) is 3.48. The molecule has 25 heavy (non-hydrogen) atoms. The Morgan fingerprint density at radius 2 is 2.20 bits per heavy atom. The van der Waals surface area contributed by atoms with Crippen LogP contribution in [0.2, 0.25) is 0 Å². The fraction of sp³-hybridized carbons (Fsp3) is 0.524. The van der Waals surface area contributed by atoms with E-state index in [2.05, 4.69) is 47.3 Å². The van der Waals surface area contributed by atoms with Gasteiger partial charge in [-0.2, -0.15) is 0 Å². The van der Waals surface area contributed by atoms with Crippen molar-refractivity contribution in [2.75, 3.05) is 6.61 Å². The van der Waals surface area contributed by atoms with Gasteiger partial charge in [-0.25, -0.2) is 4.68 Å². The van der Waals surface area contributed by atoms with Gasteiger partial charge in [0.1, 0.15) is 5.69 Å². The second-order valence-electron chi connectivity index (χ2n) is 8.04. The first-order valence-corrected chi connectivity index (χ1v) is 9.34. The third-order valence-electron chi connectivity index (χ3n) is 5.67. The van der Waals surface area contributed by atoms with E-state index in [4.69, 9.17) is 4.74 Å². The molecule has 0 bridgehead atoms. The Morgan fingerprint density at radius 3 is 2.92 bits per heavy atom. The minimum atomic E-state index is 0.290. The van der Waals surface area contributed by atoms with Crippen molar-refractivity contribution in [3.05, 3.63) is 35.5 Å². The van der Waals surface area contributed by atoms with Crippen LogP contribution in [0.1, 0.15) is 43.2 Å². The number of hydrogen-bond acceptors (Lipinski definition) is 3. The van der Waals surface area contributed by atoms with Gasteiger partial charge >= 0.3 is 0 Å². The first-order valence-electron chi connectivity index (χ1n) is 9.34. The van der Waals surface area contributed by atoms with Crippen LogP contribution in [0.4, 0.5) is 0 Å². The van der Waals surface area contributed by atoms with Crippen LogP contribution >= 0.6 is 0 Å². The minimum absolute atomic E-state index is 0.290. The van der Waals surface area contributed by atoms with Gasteiger partial charge in [0.15, 0.2) is 0 Å². The van der Waals surface area contributed by atoms with Crippen molar-refractivity contribution in [3.8, 4) is 23.1 Å². The molecule has 2 aliphatic carbocycles. The largest absolute Gasteiger partial charge is 0.376 e. The molecule has 128 valence electrons. The number of aromatic nitrogens is 3. The van der Waals surface area contributed by atoms with E-state index in [1.807, 2.05) is 10.9 Å². The molecule has 1 atom stereocenters. The molecule has 1 aliphatic heterocycles. The molecule has 0 amide bonds. The number of ether oxygens (including phenoxy) is 1. The third kappa shape index (κ3) is 3.21. The summed E-state index contributed by atoms with van der Waals surface area (Å²) in [5.41, 5.74) is 4.87. The third-order valence-corrected chi connectivity index (χ3v) is 5.67. The monoisotopic (exact) mass is 333 g/mol. The van der Waals surface area contributed by atoms with Crippen LogP contribution in [0.15, 0.2) is 24.4 Å². The molecule has 2 heterocycles. The highest BCUT2D eigenvalue weighted by molar-refractivity contribution is 5.64. The molecule has 1 saturated heterocycles. The number of benzene rings is 1.